The number of benzene rings is 2. The zero-order chi connectivity index (χ0) is 26.6. The zero-order valence-electron chi connectivity index (χ0n) is 21.1. The summed E-state index contributed by atoms with van der Waals surface area (Å²) in [5.74, 6) is 0.371. The van der Waals surface area contributed by atoms with Crippen molar-refractivity contribution < 1.29 is 23.8 Å². The van der Waals surface area contributed by atoms with Crippen LogP contribution in [0.2, 0.25) is 0 Å². The van der Waals surface area contributed by atoms with Crippen molar-refractivity contribution in [3.63, 3.8) is 0 Å². The van der Waals surface area contributed by atoms with Crippen LogP contribution in [0.1, 0.15) is 23.1 Å². The lowest BCUT2D eigenvalue weighted by Gasteiger charge is -2.26. The van der Waals surface area contributed by atoms with Crippen molar-refractivity contribution in [1.29, 1.82) is 5.41 Å². The molecule has 1 saturated heterocycles. The Hall–Kier alpha value is -3.96. The molecule has 0 atom stereocenters. The van der Waals surface area contributed by atoms with Crippen LogP contribution in [-0.2, 0) is 20.9 Å². The third kappa shape index (κ3) is 5.63. The highest BCUT2D eigenvalue weighted by Crippen LogP contribution is 2.32. The quantitative estimate of drug-likeness (QED) is 0.542. The summed E-state index contributed by atoms with van der Waals surface area (Å²) < 4.78 is 16.8. The Balaban J connectivity index is 1.30. The second-order valence-corrected chi connectivity index (χ2v) is 9.91. The number of carbonyl (C=O) groups is 2. The number of aliphatic imine (C=N–C) groups is 1. The van der Waals surface area contributed by atoms with Crippen molar-refractivity contribution in [2.75, 3.05) is 33.4 Å². The van der Waals surface area contributed by atoms with Gasteiger partial charge in [0.25, 0.3) is 5.91 Å². The van der Waals surface area contributed by atoms with Crippen molar-refractivity contribution in [1.82, 2.24) is 9.91 Å². The van der Waals surface area contributed by atoms with E-state index in [2.05, 4.69) is 16.2 Å². The summed E-state index contributed by atoms with van der Waals surface area (Å²) in [4.78, 5) is 31.3. The van der Waals surface area contributed by atoms with Crippen LogP contribution in [0.15, 0.2) is 58.1 Å². The molecule has 0 unspecified atom stereocenters. The smallest absolute Gasteiger partial charge is 0.283 e. The molecule has 38 heavy (non-hydrogen) atoms. The van der Waals surface area contributed by atoms with Crippen molar-refractivity contribution in [3.8, 4) is 11.5 Å². The monoisotopic (exact) mass is 533 g/mol. The Bertz CT molecular complexity index is 1380. The van der Waals surface area contributed by atoms with Crippen molar-refractivity contribution in [2.24, 2.45) is 10.1 Å². The number of carbonyl (C=O) groups excluding carboxylic acids is 2. The number of thioether (sulfide) groups is 1. The molecule has 1 fully saturated rings. The normalized spacial score (nSPS) is 18.3. The maximum Gasteiger partial charge on any atom is 0.283 e. The topological polar surface area (TPSA) is 117 Å². The minimum atomic E-state index is -0.538. The second kappa shape index (κ2) is 11.2. The zero-order valence-corrected chi connectivity index (χ0v) is 21.9. The molecule has 2 amide bonds. The molecular formula is C27H27N5O5S. The van der Waals surface area contributed by atoms with Gasteiger partial charge in [0.15, 0.2) is 17.3 Å². The third-order valence-corrected chi connectivity index (χ3v) is 7.05. The van der Waals surface area contributed by atoms with Gasteiger partial charge in [-0.3, -0.25) is 15.0 Å². The number of hydrazone groups is 1. The van der Waals surface area contributed by atoms with Crippen molar-refractivity contribution in [2.45, 2.75) is 20.0 Å². The number of nitrogens with zero attached hydrogens (tertiary/aromatic N) is 4. The number of amidine groups is 2. The van der Waals surface area contributed by atoms with E-state index in [0.717, 1.165) is 22.9 Å². The predicted octanol–water partition coefficient (Wildman–Crippen LogP) is 3.45. The van der Waals surface area contributed by atoms with Crippen LogP contribution in [-0.4, -0.2) is 71.2 Å². The fraction of sp³-hybridized carbons (Fsp3) is 0.296. The molecule has 196 valence electrons. The number of hydrogen-bond acceptors (Lipinski definition) is 8. The molecule has 0 aliphatic carbocycles. The third-order valence-electron chi connectivity index (χ3n) is 6.14. The Morgan fingerprint density at radius 1 is 1.18 bits per heavy atom. The van der Waals surface area contributed by atoms with Gasteiger partial charge in [0.1, 0.15) is 11.7 Å². The van der Waals surface area contributed by atoms with E-state index in [9.17, 15) is 9.59 Å². The standard InChI is InChI=1S/C27H27N5O5S/c1-17-4-3-5-19(12-17)16-37-21-7-6-18(14-22(21)35-2)13-20-25(28)32-27(29-26(20)34)38-23(30-32)15-24(33)31-8-10-36-11-9-31/h3-7,12-14,28H,8-11,15-16H2,1-2H3. The van der Waals surface area contributed by atoms with Gasteiger partial charge in [-0.2, -0.15) is 15.1 Å². The first-order valence-electron chi connectivity index (χ1n) is 12.1. The van der Waals surface area contributed by atoms with Gasteiger partial charge in [-0.15, -0.1) is 0 Å². The molecule has 3 heterocycles. The molecular weight excluding hydrogens is 506 g/mol. The molecule has 0 spiro atoms. The van der Waals surface area contributed by atoms with Crippen LogP contribution in [0.5, 0.6) is 11.5 Å². The fourth-order valence-electron chi connectivity index (χ4n) is 4.18. The Kier molecular flexibility index (Phi) is 7.57. The first kappa shape index (κ1) is 25.7. The number of amides is 2. The summed E-state index contributed by atoms with van der Waals surface area (Å²) in [7, 11) is 1.55. The number of hydrogen-bond donors (Lipinski definition) is 1. The summed E-state index contributed by atoms with van der Waals surface area (Å²) in [5, 5.41) is 15.1. The fourth-order valence-corrected chi connectivity index (χ4v) is 5.06. The average molecular weight is 534 g/mol. The Morgan fingerprint density at radius 2 is 2.00 bits per heavy atom. The molecule has 0 saturated carbocycles. The first-order chi connectivity index (χ1) is 18.4. The molecule has 2 aromatic carbocycles. The summed E-state index contributed by atoms with van der Waals surface area (Å²) in [5.41, 5.74) is 2.94. The lowest BCUT2D eigenvalue weighted by molar-refractivity contribution is -0.133. The van der Waals surface area contributed by atoms with E-state index in [0.29, 0.717) is 55.0 Å². The average Bonchev–Trinajstić information content (AvgIpc) is 3.32. The van der Waals surface area contributed by atoms with Crippen LogP contribution < -0.4 is 9.47 Å². The van der Waals surface area contributed by atoms with E-state index in [1.165, 1.54) is 5.01 Å². The van der Waals surface area contributed by atoms with Crippen molar-refractivity contribution in [3.05, 3.63) is 64.7 Å². The van der Waals surface area contributed by atoms with Gasteiger partial charge in [-0.1, -0.05) is 35.9 Å². The largest absolute Gasteiger partial charge is 0.493 e. The number of methoxy groups -OCH3 is 1. The summed E-state index contributed by atoms with van der Waals surface area (Å²) in [6.07, 6.45) is 1.66. The molecule has 2 aromatic rings. The van der Waals surface area contributed by atoms with Gasteiger partial charge in [-0.25, -0.2) is 0 Å². The van der Waals surface area contributed by atoms with Crippen LogP contribution in [0.4, 0.5) is 0 Å². The molecule has 0 radical (unpaired) electrons. The maximum absolute atomic E-state index is 12.8. The Morgan fingerprint density at radius 3 is 2.76 bits per heavy atom. The van der Waals surface area contributed by atoms with Gasteiger partial charge < -0.3 is 19.1 Å². The van der Waals surface area contributed by atoms with Gasteiger partial charge in [0.05, 0.1) is 32.3 Å². The number of ether oxygens (including phenoxy) is 3. The van der Waals surface area contributed by atoms with Crippen LogP contribution in [0, 0.1) is 12.3 Å². The first-order valence-corrected chi connectivity index (χ1v) is 12.9. The van der Waals surface area contributed by atoms with E-state index in [1.807, 2.05) is 25.1 Å². The molecule has 3 aliphatic heterocycles. The Labute approximate surface area is 224 Å². The lowest BCUT2D eigenvalue weighted by atomic mass is 10.1. The van der Waals surface area contributed by atoms with E-state index >= 15 is 0 Å². The summed E-state index contributed by atoms with van der Waals surface area (Å²) in [6.45, 7) is 4.54. The molecule has 0 aromatic heterocycles. The molecule has 11 heteroatoms. The minimum Gasteiger partial charge on any atom is -0.493 e. The predicted molar refractivity (Wildman–Crippen MR) is 146 cm³/mol. The van der Waals surface area contributed by atoms with Gasteiger partial charge in [-0.05, 0) is 48.0 Å². The number of fused-ring (bicyclic) bond motifs is 1. The lowest BCUT2D eigenvalue weighted by Crippen LogP contribution is -2.41. The van der Waals surface area contributed by atoms with Gasteiger partial charge >= 0.3 is 0 Å². The highest BCUT2D eigenvalue weighted by Gasteiger charge is 2.36. The highest BCUT2D eigenvalue weighted by atomic mass is 32.2. The minimum absolute atomic E-state index is 0.0644. The van der Waals surface area contributed by atoms with E-state index in [4.69, 9.17) is 19.6 Å². The maximum atomic E-state index is 12.8. The molecule has 10 nitrogen and oxygen atoms in total. The summed E-state index contributed by atoms with van der Waals surface area (Å²) in [6, 6.07) is 13.4. The SMILES string of the molecule is COc1cc(C=C2C(=N)N3N=C(CC(=O)N4CCOCC4)SC3=NC2=O)ccc1OCc1cccc(C)c1. The van der Waals surface area contributed by atoms with E-state index < -0.39 is 5.91 Å². The number of nitrogens with one attached hydrogen (secondary N) is 1. The molecule has 1 N–H and O–H groups in total. The van der Waals surface area contributed by atoms with E-state index in [1.54, 1.807) is 36.3 Å². The van der Waals surface area contributed by atoms with Crippen LogP contribution in [0.25, 0.3) is 6.08 Å². The number of rotatable bonds is 7. The molecule has 0 bridgehead atoms. The van der Waals surface area contributed by atoms with Gasteiger partial charge in [0, 0.05) is 13.1 Å². The highest BCUT2D eigenvalue weighted by molar-refractivity contribution is 8.27. The molecule has 3 aliphatic rings. The van der Waals surface area contributed by atoms with Crippen LogP contribution in [0.3, 0.4) is 0 Å². The van der Waals surface area contributed by atoms with E-state index in [-0.39, 0.29) is 28.9 Å². The van der Waals surface area contributed by atoms with Gasteiger partial charge in [0.2, 0.25) is 11.1 Å². The molecule has 5 rings (SSSR count). The summed E-state index contributed by atoms with van der Waals surface area (Å²) >= 11 is 1.14. The number of aryl methyl sites for hydroxylation is 1. The van der Waals surface area contributed by atoms with Crippen LogP contribution >= 0.6 is 11.8 Å². The second-order valence-electron chi connectivity index (χ2n) is 8.87. The number of morpholine rings is 1. The van der Waals surface area contributed by atoms with Crippen molar-refractivity contribution >= 4 is 45.7 Å².